The quantitative estimate of drug-likeness (QED) is 0.294. The average Bonchev–Trinajstić information content (AvgIpc) is 3.69. The van der Waals surface area contributed by atoms with Gasteiger partial charge in [0, 0.05) is 47.7 Å². The Morgan fingerprint density at radius 3 is 2.38 bits per heavy atom. The third-order valence-electron chi connectivity index (χ3n) is 8.57. The Morgan fingerprint density at radius 2 is 1.71 bits per heavy atom. The number of likely N-dealkylation sites (tertiary alicyclic amines) is 2. The van der Waals surface area contributed by atoms with E-state index in [0.717, 1.165) is 5.39 Å². The van der Waals surface area contributed by atoms with E-state index in [1.807, 2.05) is 25.7 Å². The van der Waals surface area contributed by atoms with Crippen molar-refractivity contribution in [2.45, 2.75) is 45.7 Å². The molecule has 0 radical (unpaired) electrons. The largest absolute Gasteiger partial charge is 0.352 e. The maximum atomic E-state index is 14.2. The molecule has 2 bridgehead atoms. The number of rotatable bonds is 6. The van der Waals surface area contributed by atoms with Gasteiger partial charge in [0.2, 0.25) is 5.91 Å². The Labute approximate surface area is 242 Å². The van der Waals surface area contributed by atoms with E-state index in [2.05, 4.69) is 9.97 Å². The Hall–Kier alpha value is -4.40. The maximum Gasteiger partial charge on any atom is 0.272 e. The van der Waals surface area contributed by atoms with Crippen molar-refractivity contribution in [3.63, 3.8) is 0 Å². The Balaban J connectivity index is 1.13. The molecule has 2 aromatic carbocycles. The lowest BCUT2D eigenvalue weighted by molar-refractivity contribution is -0.141. The van der Waals surface area contributed by atoms with Crippen molar-refractivity contribution in [2.75, 3.05) is 13.1 Å². The van der Waals surface area contributed by atoms with Gasteiger partial charge >= 0.3 is 0 Å². The molecule has 0 saturated carbocycles. The Bertz CT molecular complexity index is 1690. The number of piperazine rings is 1. The van der Waals surface area contributed by atoms with E-state index in [0.29, 0.717) is 41.8 Å². The first-order chi connectivity index (χ1) is 20.0. The summed E-state index contributed by atoms with van der Waals surface area (Å²) in [6.07, 6.45) is 2.19. The number of hydrogen-bond acceptors (Lipinski definition) is 4. The van der Waals surface area contributed by atoms with Gasteiger partial charge in [0.1, 0.15) is 17.3 Å². The van der Waals surface area contributed by atoms with Crippen molar-refractivity contribution < 1.29 is 23.2 Å². The van der Waals surface area contributed by atoms with Crippen molar-refractivity contribution in [3.8, 4) is 11.1 Å². The second-order valence-electron chi connectivity index (χ2n) is 12.4. The third-order valence-corrected chi connectivity index (χ3v) is 8.57. The number of carbonyl (C=O) groups excluding carboxylic acids is 3. The second kappa shape index (κ2) is 10.5. The van der Waals surface area contributed by atoms with Gasteiger partial charge in [0.05, 0.1) is 23.7 Å². The lowest BCUT2D eigenvalue weighted by Crippen LogP contribution is -2.53. The number of nitrogens with zero attached hydrogens (tertiary/aromatic N) is 3. The molecule has 42 heavy (non-hydrogen) atoms. The topological polar surface area (TPSA) is 86.4 Å². The number of H-pyrrole nitrogens is 1. The highest BCUT2D eigenvalue weighted by Gasteiger charge is 2.50. The van der Waals surface area contributed by atoms with E-state index in [1.54, 1.807) is 47.4 Å². The van der Waals surface area contributed by atoms with Crippen LogP contribution in [0, 0.1) is 23.0 Å². The van der Waals surface area contributed by atoms with Gasteiger partial charge in [-0.1, -0.05) is 45.0 Å². The molecule has 0 spiro atoms. The van der Waals surface area contributed by atoms with Crippen molar-refractivity contribution in [1.29, 1.82) is 0 Å². The molecule has 3 atom stereocenters. The zero-order valence-electron chi connectivity index (χ0n) is 23.7. The Kier molecular flexibility index (Phi) is 6.91. The molecular formula is C33H32F2N4O3. The molecule has 2 aliphatic rings. The number of benzene rings is 2. The van der Waals surface area contributed by atoms with Crippen molar-refractivity contribution >= 4 is 28.5 Å². The van der Waals surface area contributed by atoms with Crippen molar-refractivity contribution in [3.05, 3.63) is 89.9 Å². The van der Waals surface area contributed by atoms with Gasteiger partial charge in [-0.2, -0.15) is 0 Å². The minimum Gasteiger partial charge on any atom is -0.352 e. The lowest BCUT2D eigenvalue weighted by atomic mass is 9.76. The number of fused-ring (bicyclic) bond motifs is 3. The van der Waals surface area contributed by atoms with Gasteiger partial charge in [0.15, 0.2) is 5.78 Å². The van der Waals surface area contributed by atoms with Crippen LogP contribution >= 0.6 is 0 Å². The monoisotopic (exact) mass is 570 g/mol. The van der Waals surface area contributed by atoms with Gasteiger partial charge in [-0.25, -0.2) is 8.78 Å². The summed E-state index contributed by atoms with van der Waals surface area (Å²) in [5.41, 5.74) is 1.69. The molecule has 1 N–H and O–H groups in total. The summed E-state index contributed by atoms with van der Waals surface area (Å²) in [4.78, 5) is 51.4. The molecular weight excluding hydrogens is 538 g/mol. The first-order valence-electron chi connectivity index (χ1n) is 14.1. The van der Waals surface area contributed by atoms with Crippen LogP contribution in [-0.2, 0) is 4.79 Å². The highest BCUT2D eigenvalue weighted by molar-refractivity contribution is 6.01. The van der Waals surface area contributed by atoms with E-state index in [9.17, 15) is 23.2 Å². The predicted octanol–water partition coefficient (Wildman–Crippen LogP) is 5.87. The van der Waals surface area contributed by atoms with Crippen LogP contribution in [0.2, 0.25) is 0 Å². The molecule has 2 saturated heterocycles. The zero-order chi connectivity index (χ0) is 29.8. The fraction of sp³-hybridized carbons (Fsp3) is 0.333. The molecule has 6 rings (SSSR count). The van der Waals surface area contributed by atoms with Crippen LogP contribution in [-0.4, -0.2) is 62.5 Å². The molecule has 4 heterocycles. The molecule has 216 valence electrons. The molecule has 7 nitrogen and oxygen atoms in total. The van der Waals surface area contributed by atoms with Crippen LogP contribution < -0.4 is 0 Å². The first kappa shape index (κ1) is 27.8. The van der Waals surface area contributed by atoms with E-state index in [-0.39, 0.29) is 47.6 Å². The Morgan fingerprint density at radius 1 is 0.976 bits per heavy atom. The molecule has 2 aliphatic heterocycles. The fourth-order valence-electron chi connectivity index (χ4n) is 6.22. The van der Waals surface area contributed by atoms with E-state index in [4.69, 9.17) is 0 Å². The number of amides is 2. The van der Waals surface area contributed by atoms with Gasteiger partial charge in [0.25, 0.3) is 5.91 Å². The smallest absolute Gasteiger partial charge is 0.272 e. The van der Waals surface area contributed by atoms with Crippen molar-refractivity contribution in [2.24, 2.45) is 11.3 Å². The normalized spacial score (nSPS) is 19.0. The number of Topliss-reactive ketones (excluding diaryl/α,β-unsaturated/α-hetero) is 1. The molecule has 2 fully saturated rings. The number of halogens is 2. The molecule has 2 amide bonds. The highest BCUT2D eigenvalue weighted by Crippen LogP contribution is 2.38. The minimum absolute atomic E-state index is 0.0203. The number of nitrogens with one attached hydrogen (secondary N) is 1. The van der Waals surface area contributed by atoms with Gasteiger partial charge < -0.3 is 14.8 Å². The van der Waals surface area contributed by atoms with Crippen LogP contribution in [0.15, 0.2) is 66.9 Å². The number of aromatic nitrogens is 2. The number of ketones is 1. The average molecular weight is 571 g/mol. The molecule has 2 aromatic heterocycles. The third kappa shape index (κ3) is 5.08. The second-order valence-corrected chi connectivity index (χ2v) is 12.4. The molecule has 9 heteroatoms. The number of hydrogen-bond donors (Lipinski definition) is 1. The maximum absolute atomic E-state index is 14.2. The van der Waals surface area contributed by atoms with Crippen LogP contribution in [0.1, 0.15) is 54.6 Å². The SMILES string of the molecule is CC(C)(C)[C@H](CC(=O)c1cc2ccc(F)cc2[nH]1)C(=O)N1C[C@@H]2C[C@H]1CN2C(=O)c1ccc(-c2ccccc2F)cn1. The highest BCUT2D eigenvalue weighted by atomic mass is 19.1. The summed E-state index contributed by atoms with van der Waals surface area (Å²) in [7, 11) is 0. The van der Waals surface area contributed by atoms with Crippen LogP contribution in [0.3, 0.4) is 0 Å². The predicted molar refractivity (Wildman–Crippen MR) is 155 cm³/mol. The van der Waals surface area contributed by atoms with Gasteiger partial charge in [-0.15, -0.1) is 0 Å². The summed E-state index contributed by atoms with van der Waals surface area (Å²) >= 11 is 0. The first-order valence-corrected chi connectivity index (χ1v) is 14.1. The minimum atomic E-state index is -0.566. The summed E-state index contributed by atoms with van der Waals surface area (Å²) < 4.78 is 27.8. The molecule has 4 aromatic rings. The standard InChI is InChI=1S/C33H32F2N4O3/c1-33(2,3)25(15-30(40)29-12-19-8-10-21(34)13-28(19)37-29)31(41)38-17-23-14-22(38)18-39(23)32(42)27-11-9-20(16-36-27)24-6-4-5-7-26(24)35/h4-13,16,22-23,25,37H,14-15,17-18H2,1-3H3/t22-,23-,25+/m0/s1. The van der Waals surface area contributed by atoms with Crippen molar-refractivity contribution in [1.82, 2.24) is 19.8 Å². The van der Waals surface area contributed by atoms with Gasteiger partial charge in [-0.05, 0) is 48.2 Å². The van der Waals surface area contributed by atoms with Gasteiger partial charge in [-0.3, -0.25) is 19.4 Å². The molecule has 0 unspecified atom stereocenters. The summed E-state index contributed by atoms with van der Waals surface area (Å²) in [6, 6.07) is 15.4. The van der Waals surface area contributed by atoms with Crippen LogP contribution in [0.25, 0.3) is 22.0 Å². The summed E-state index contributed by atoms with van der Waals surface area (Å²) in [5, 5.41) is 0.733. The van der Waals surface area contributed by atoms with Crippen LogP contribution in [0.4, 0.5) is 8.78 Å². The van der Waals surface area contributed by atoms with Crippen LogP contribution in [0.5, 0.6) is 0 Å². The number of aromatic amines is 1. The summed E-state index contributed by atoms with van der Waals surface area (Å²) in [6.45, 7) is 6.64. The molecule has 0 aliphatic carbocycles. The number of carbonyl (C=O) groups is 3. The zero-order valence-corrected chi connectivity index (χ0v) is 23.7. The van der Waals surface area contributed by atoms with E-state index < -0.39 is 17.2 Å². The lowest BCUT2D eigenvalue weighted by Gasteiger charge is -2.39. The van der Waals surface area contributed by atoms with E-state index >= 15 is 0 Å². The summed E-state index contributed by atoms with van der Waals surface area (Å²) in [5.74, 6) is -1.82. The number of pyridine rings is 1. The van der Waals surface area contributed by atoms with E-state index in [1.165, 1.54) is 24.4 Å². The fourth-order valence-corrected chi connectivity index (χ4v) is 6.22.